The van der Waals surface area contributed by atoms with Crippen LogP contribution in [-0.2, 0) is 20.9 Å². The molecule has 1 heterocycles. The van der Waals surface area contributed by atoms with Gasteiger partial charge in [-0.05, 0) is 99.8 Å². The van der Waals surface area contributed by atoms with Gasteiger partial charge in [0.2, 0.25) is 5.69 Å². The average molecular weight is 1090 g/mol. The highest BCUT2D eigenvalue weighted by Gasteiger charge is 2.38. The Bertz CT molecular complexity index is 2150. The number of pyridine rings is 1. The molecule has 21 heteroatoms. The zero-order chi connectivity index (χ0) is 56.3. The second-order valence-corrected chi connectivity index (χ2v) is 19.7. The van der Waals surface area contributed by atoms with Gasteiger partial charge in [-0.1, -0.05) is 111 Å². The Labute approximate surface area is 431 Å². The summed E-state index contributed by atoms with van der Waals surface area (Å²) in [5.41, 5.74) is 16.4. The molecule has 1 atom stereocenters. The monoisotopic (exact) mass is 1090 g/mol. The molecule has 1 aromatic rings. The van der Waals surface area contributed by atoms with Crippen molar-refractivity contribution >= 4 is 65.0 Å². The lowest BCUT2D eigenvalue weighted by atomic mass is 9.72. The number of aromatic nitrogens is 1. The summed E-state index contributed by atoms with van der Waals surface area (Å²) in [5, 5.41) is 35.2. The van der Waals surface area contributed by atoms with Gasteiger partial charge in [-0.25, -0.2) is 4.79 Å². The predicted molar refractivity (Wildman–Crippen MR) is 264 cm³/mol. The molecule has 0 amide bonds. The largest absolute Gasteiger partial charge is 0.542 e. The van der Waals surface area contributed by atoms with Crippen LogP contribution in [0.4, 0.5) is 39.5 Å². The standard InChI is InChI=1S/C44H63N2OS.3C2HF3O2.CH2Cl2/c1-33(18-20-40-36(4)16-12-24-43(40,6)7)13-10-15-35(3)31-39-32-38(23-27-46(39)28-29-47)17-11-14-34(2)19-21-41-37(5)42(48-30-26-45)22-25-44(41,8)9;3*3-2(4,5)1(6)7;2-1-3/h10-11,13-15,17-21,23,27,31-32,42,47H,12,16,22,24-26,28-30,45H2,1-9H3;3*(H,6,7);1H2/q+1;;;;/p-1/b15-10+,17-11+,20-18+,21-19+,33-13+,34-14+,35-31+;;;;. The molecule has 1 unspecified atom stereocenters. The van der Waals surface area contributed by atoms with E-state index in [1.165, 1.54) is 65.5 Å². The summed E-state index contributed by atoms with van der Waals surface area (Å²) in [5.74, 6) is -7.64. The number of aliphatic hydroxyl groups is 1. The number of hydrogen-bond donors (Lipinski definition) is 3. The normalized spacial score (nSPS) is 17.7. The van der Waals surface area contributed by atoms with Crippen LogP contribution in [0.2, 0.25) is 0 Å². The number of carbonyl (C=O) groups is 3. The number of alkyl halides is 11. The van der Waals surface area contributed by atoms with Gasteiger partial charge in [0, 0.05) is 29.2 Å². The molecule has 2 aliphatic carbocycles. The second kappa shape index (κ2) is 33.3. The number of carboxylic acids is 3. The molecule has 0 bridgehead atoms. The van der Waals surface area contributed by atoms with Gasteiger partial charge in [0.25, 0.3) is 0 Å². The molecule has 0 saturated carbocycles. The molecule has 0 fully saturated rings. The van der Waals surface area contributed by atoms with E-state index in [4.69, 9.17) is 52.9 Å². The van der Waals surface area contributed by atoms with Gasteiger partial charge >= 0.3 is 24.5 Å². The summed E-state index contributed by atoms with van der Waals surface area (Å²) in [4.78, 5) is 26.5. The first-order chi connectivity index (χ1) is 33.0. The summed E-state index contributed by atoms with van der Waals surface area (Å²) >= 11 is 11.6. The average Bonchev–Trinajstić information content (AvgIpc) is 3.23. The molecule has 72 heavy (non-hydrogen) atoms. The van der Waals surface area contributed by atoms with E-state index in [-0.39, 0.29) is 22.8 Å². The maximum absolute atomic E-state index is 10.6. The van der Waals surface area contributed by atoms with Crippen LogP contribution in [0.25, 0.3) is 12.2 Å². The predicted octanol–water partition coefficient (Wildman–Crippen LogP) is 10.6. The van der Waals surface area contributed by atoms with Crippen molar-refractivity contribution in [1.82, 2.24) is 0 Å². The van der Waals surface area contributed by atoms with E-state index in [1.54, 1.807) is 0 Å². The number of carbonyl (C=O) groups excluding carboxylic acids is 2. The van der Waals surface area contributed by atoms with Crippen molar-refractivity contribution in [2.24, 2.45) is 10.8 Å². The zero-order valence-corrected chi connectivity index (χ0v) is 44.2. The molecule has 0 spiro atoms. The van der Waals surface area contributed by atoms with Crippen molar-refractivity contribution in [3.63, 3.8) is 0 Å². The van der Waals surface area contributed by atoms with Gasteiger partial charge in [-0.3, -0.25) is 0 Å². The Hall–Kier alpha value is -4.56. The first-order valence-corrected chi connectivity index (χ1v) is 24.3. The Morgan fingerprint density at radius 3 is 1.72 bits per heavy atom. The Balaban J connectivity index is 0. The van der Waals surface area contributed by atoms with E-state index in [2.05, 4.69) is 170 Å². The van der Waals surface area contributed by atoms with E-state index < -0.39 is 36.4 Å². The topological polar surface area (TPSA) is 169 Å². The molecule has 2 aliphatic rings. The molecule has 0 aromatic carbocycles. The molecule has 406 valence electrons. The third-order valence-electron chi connectivity index (χ3n) is 10.6. The minimum Gasteiger partial charge on any atom is -0.542 e. The second-order valence-electron chi connectivity index (χ2n) is 17.5. The van der Waals surface area contributed by atoms with Crippen LogP contribution in [-0.4, -0.2) is 76.1 Å². The first kappa shape index (κ1) is 69.5. The van der Waals surface area contributed by atoms with E-state index in [9.17, 15) is 44.6 Å². The number of hydrogen-bond acceptors (Lipinski definition) is 7. The highest BCUT2D eigenvalue weighted by atomic mass is 35.5. The van der Waals surface area contributed by atoms with Gasteiger partial charge in [-0.15, -0.1) is 35.0 Å². The van der Waals surface area contributed by atoms with Gasteiger partial charge in [0.15, 0.2) is 12.7 Å². The van der Waals surface area contributed by atoms with Gasteiger partial charge in [0.1, 0.15) is 18.5 Å². The molecule has 3 rings (SSSR count). The van der Waals surface area contributed by atoms with Crippen molar-refractivity contribution in [3.05, 3.63) is 123 Å². The van der Waals surface area contributed by atoms with Gasteiger partial charge in [-0.2, -0.15) is 44.1 Å². The van der Waals surface area contributed by atoms with Gasteiger partial charge < -0.3 is 35.7 Å². The maximum Gasteiger partial charge on any atom is 0.490 e. The Kier molecular flexibility index (Phi) is 32.1. The highest BCUT2D eigenvalue weighted by Crippen LogP contribution is 2.44. The van der Waals surface area contributed by atoms with E-state index in [0.29, 0.717) is 11.8 Å². The number of aliphatic hydroxyl groups excluding tert-OH is 1. The van der Waals surface area contributed by atoms with Crippen molar-refractivity contribution in [3.8, 4) is 0 Å². The minimum absolute atomic E-state index is 0.104. The molecule has 5 N–H and O–H groups in total. The molecule has 0 aliphatic heterocycles. The lowest BCUT2D eigenvalue weighted by molar-refractivity contribution is -0.699. The lowest BCUT2D eigenvalue weighted by Gasteiger charge is -2.37. The first-order valence-electron chi connectivity index (χ1n) is 22.2. The summed E-state index contributed by atoms with van der Waals surface area (Å²) in [6.07, 6.45) is 17.2. The lowest BCUT2D eigenvalue weighted by Crippen LogP contribution is -2.51. The quantitative estimate of drug-likeness (QED) is 0.0716. The number of rotatable bonds is 14. The Morgan fingerprint density at radius 1 is 0.806 bits per heavy atom. The van der Waals surface area contributed by atoms with Crippen LogP contribution in [0.15, 0.2) is 112 Å². The molecular formula is C51H67Cl2F9N2O7S. The van der Waals surface area contributed by atoms with Crippen LogP contribution in [0.1, 0.15) is 106 Å². The van der Waals surface area contributed by atoms with Crippen LogP contribution in [0.5, 0.6) is 0 Å². The van der Waals surface area contributed by atoms with Crippen molar-refractivity contribution in [2.45, 2.75) is 125 Å². The third kappa shape index (κ3) is 29.2. The van der Waals surface area contributed by atoms with E-state index >= 15 is 0 Å². The smallest absolute Gasteiger partial charge is 0.490 e. The zero-order valence-electron chi connectivity index (χ0n) is 41.9. The fourth-order valence-electron chi connectivity index (χ4n) is 6.94. The van der Waals surface area contributed by atoms with Crippen LogP contribution < -0.4 is 20.5 Å². The maximum atomic E-state index is 10.6. The summed E-state index contributed by atoms with van der Waals surface area (Å²) in [7, 11) is 0. The number of thioether (sulfide) groups is 1. The Morgan fingerprint density at radius 2 is 1.28 bits per heavy atom. The molecule has 9 nitrogen and oxygen atoms in total. The fraction of sp³-hybridized carbons (Fsp3) is 0.490. The number of quaternary nitrogens is 1. The summed E-state index contributed by atoms with van der Waals surface area (Å²) in [6.45, 7) is 22.2. The third-order valence-corrected chi connectivity index (χ3v) is 12.1. The number of aliphatic carboxylic acids is 3. The molecule has 1 aromatic heterocycles. The fourth-order valence-corrected chi connectivity index (χ4v) is 8.05. The SMILES string of the molecule is CC1=C(/C=C/C(C)=C/C=C/C(C)=C/c2cc(/C=C/C=C(C)/C=C/C3=C(C)C(SCC[NH3+])CCC3(C)C)cc[n+]2CCO)C(C)(C)CCC1.ClCCl.O=C(O)C(F)(F)F.O=C([O-])C(F)(F)F.O=C([O-])C(F)(F)F. The van der Waals surface area contributed by atoms with Crippen LogP contribution in [0.3, 0.4) is 0 Å². The number of halogens is 11. The van der Waals surface area contributed by atoms with Gasteiger partial charge in [0.05, 0.1) is 11.9 Å². The van der Waals surface area contributed by atoms with Crippen LogP contribution in [0, 0.1) is 10.8 Å². The molecule has 0 saturated heterocycles. The minimum atomic E-state index is -5.19. The van der Waals surface area contributed by atoms with Crippen molar-refractivity contribution in [1.29, 1.82) is 0 Å². The van der Waals surface area contributed by atoms with E-state index in [0.717, 1.165) is 29.1 Å². The summed E-state index contributed by atoms with van der Waals surface area (Å²) in [6, 6.07) is 4.30. The van der Waals surface area contributed by atoms with Crippen molar-refractivity contribution in [2.75, 3.05) is 24.2 Å². The number of carboxylic acid groups (broad SMARTS) is 3. The highest BCUT2D eigenvalue weighted by molar-refractivity contribution is 8.00. The van der Waals surface area contributed by atoms with Crippen molar-refractivity contribution < 1.29 is 84.6 Å². The molecular weight excluding hydrogens is 1030 g/mol. The molecule has 0 radical (unpaired) electrons. The number of allylic oxidation sites excluding steroid dienone is 15. The van der Waals surface area contributed by atoms with Crippen LogP contribution >= 0.6 is 35.0 Å². The summed E-state index contributed by atoms with van der Waals surface area (Å²) < 4.78 is 96.9. The van der Waals surface area contributed by atoms with E-state index in [1.807, 2.05) is 0 Å². The number of nitrogens with zero attached hydrogens (tertiary/aromatic N) is 1.